The van der Waals surface area contributed by atoms with Crippen molar-refractivity contribution in [3.63, 3.8) is 0 Å². The van der Waals surface area contributed by atoms with E-state index in [0.717, 1.165) is 0 Å². The van der Waals surface area contributed by atoms with Crippen LogP contribution in [0.4, 0.5) is 0 Å². The second kappa shape index (κ2) is 4.47. The normalized spacial score (nSPS) is 5.67. The second-order valence-electron chi connectivity index (χ2n) is 0.696. The molecule has 0 aliphatic carbocycles. The molecule has 0 aromatic rings. The van der Waals surface area contributed by atoms with Crippen molar-refractivity contribution in [3.8, 4) is 0 Å². The molecule has 0 heterocycles. The molecule has 0 saturated heterocycles. The summed E-state index contributed by atoms with van der Waals surface area (Å²) < 4.78 is 4.11. The summed E-state index contributed by atoms with van der Waals surface area (Å²) in [5.74, 6) is -0.245. The van der Waals surface area contributed by atoms with Crippen LogP contribution < -0.4 is 0 Å². The van der Waals surface area contributed by atoms with E-state index in [9.17, 15) is 4.79 Å². The molecule has 38 valence electrons. The van der Waals surface area contributed by atoms with Crippen LogP contribution in [0.25, 0.3) is 0 Å². The third-order valence-corrected chi connectivity index (χ3v) is 0.287. The van der Waals surface area contributed by atoms with Gasteiger partial charge in [-0.25, -0.2) is 0 Å². The number of carbonyl (C=O) groups is 1. The summed E-state index contributed by atoms with van der Waals surface area (Å²) in [6.07, 6.45) is 0. The van der Waals surface area contributed by atoms with Crippen LogP contribution in [-0.4, -0.2) is 13.1 Å². The van der Waals surface area contributed by atoms with Crippen LogP contribution in [0, 0.1) is 0 Å². The van der Waals surface area contributed by atoms with Gasteiger partial charge >= 0.3 is 5.97 Å². The summed E-state index contributed by atoms with van der Waals surface area (Å²) in [7, 11) is 1.35. The fourth-order valence-corrected chi connectivity index (χ4v) is 0. The van der Waals surface area contributed by atoms with Gasteiger partial charge in [0.15, 0.2) is 0 Å². The lowest BCUT2D eigenvalue weighted by atomic mass is 10.8. The van der Waals surface area contributed by atoms with Gasteiger partial charge in [0.1, 0.15) is 0 Å². The molecule has 0 fully saturated rings. The van der Waals surface area contributed by atoms with Crippen LogP contribution >= 0.6 is 0 Å². The van der Waals surface area contributed by atoms with Crippen LogP contribution in [0.1, 0.15) is 14.4 Å². The molecule has 2 heteroatoms. The summed E-state index contributed by atoms with van der Waals surface area (Å²) in [6, 6.07) is 0. The molecular weight excluding hydrogens is 80.0 g/mol. The quantitative estimate of drug-likeness (QED) is 0.411. The molecule has 0 amide bonds. The minimum Gasteiger partial charge on any atom is -0.469 e. The number of rotatable bonds is 0. The Hall–Kier alpha value is -0.530. The summed E-state index contributed by atoms with van der Waals surface area (Å²) in [4.78, 5) is 9.59. The molecule has 0 aromatic heterocycles. The lowest BCUT2D eigenvalue weighted by Gasteiger charge is -1.80. The van der Waals surface area contributed by atoms with Crippen molar-refractivity contribution in [1.82, 2.24) is 0 Å². The molecule has 0 radical (unpaired) electrons. The lowest BCUT2D eigenvalue weighted by Crippen LogP contribution is -1.88. The van der Waals surface area contributed by atoms with Crippen molar-refractivity contribution >= 4 is 5.97 Å². The zero-order valence-corrected chi connectivity index (χ0v) is 3.32. The third kappa shape index (κ3) is 9.80. The first kappa shape index (κ1) is 9.08. The molecule has 6 heavy (non-hydrogen) atoms. The van der Waals surface area contributed by atoms with Gasteiger partial charge in [-0.2, -0.15) is 0 Å². The highest BCUT2D eigenvalue weighted by atomic mass is 16.5. The molecule has 2 nitrogen and oxygen atoms in total. The maximum absolute atomic E-state index is 9.59. The molecule has 0 aromatic carbocycles. The van der Waals surface area contributed by atoms with Crippen molar-refractivity contribution in [2.45, 2.75) is 14.4 Å². The molecule has 0 rings (SSSR count). The van der Waals surface area contributed by atoms with Gasteiger partial charge in [0.05, 0.1) is 7.11 Å². The predicted octanol–water partition coefficient (Wildman–Crippen LogP) is 0.815. The van der Waals surface area contributed by atoms with E-state index in [1.807, 2.05) is 0 Å². The van der Waals surface area contributed by atoms with Crippen LogP contribution in [-0.2, 0) is 9.53 Å². The Kier molecular flexibility index (Phi) is 6.76. The van der Waals surface area contributed by atoms with E-state index < -0.39 is 0 Å². The first-order valence-corrected chi connectivity index (χ1v) is 1.32. The van der Waals surface area contributed by atoms with Gasteiger partial charge in [-0.1, -0.05) is 7.43 Å². The summed E-state index contributed by atoms with van der Waals surface area (Å²) in [6.45, 7) is 1.36. The number of carbonyl (C=O) groups excluding carboxylic acids is 1. The molecule has 0 spiro atoms. The minimum atomic E-state index is -0.245. The van der Waals surface area contributed by atoms with Crippen LogP contribution in [0.3, 0.4) is 0 Å². The monoisotopic (exact) mass is 90.1 g/mol. The average molecular weight is 90.1 g/mol. The van der Waals surface area contributed by atoms with Crippen molar-refractivity contribution in [3.05, 3.63) is 0 Å². The Bertz CT molecular complexity index is 40.8. The van der Waals surface area contributed by atoms with E-state index in [1.54, 1.807) is 0 Å². The Morgan fingerprint density at radius 3 is 1.83 bits per heavy atom. The SMILES string of the molecule is C.COC(C)=O. The van der Waals surface area contributed by atoms with E-state index in [1.165, 1.54) is 14.0 Å². The first-order valence-electron chi connectivity index (χ1n) is 1.32. The summed E-state index contributed by atoms with van der Waals surface area (Å²) >= 11 is 0. The van der Waals surface area contributed by atoms with Gasteiger partial charge in [0.25, 0.3) is 0 Å². The standard InChI is InChI=1S/C3H6O2.CH4/c1-3(4)5-2;/h1-2H3;1H4. The second-order valence-corrected chi connectivity index (χ2v) is 0.696. The van der Waals surface area contributed by atoms with Gasteiger partial charge in [-0.05, 0) is 0 Å². The summed E-state index contributed by atoms with van der Waals surface area (Å²) in [5.41, 5.74) is 0. The maximum atomic E-state index is 9.59. The van der Waals surface area contributed by atoms with E-state index in [4.69, 9.17) is 0 Å². The molecule has 0 N–H and O–H groups in total. The molecule has 0 bridgehead atoms. The fourth-order valence-electron chi connectivity index (χ4n) is 0. The summed E-state index contributed by atoms with van der Waals surface area (Å²) in [5, 5.41) is 0. The Morgan fingerprint density at radius 2 is 1.83 bits per heavy atom. The molecule has 0 aliphatic heterocycles. The van der Waals surface area contributed by atoms with Crippen molar-refractivity contribution < 1.29 is 9.53 Å². The molecule has 0 aliphatic rings. The molecule has 0 atom stereocenters. The van der Waals surface area contributed by atoms with Crippen molar-refractivity contribution in [2.24, 2.45) is 0 Å². The highest BCUT2D eigenvalue weighted by Gasteiger charge is 1.75. The van der Waals surface area contributed by atoms with Crippen LogP contribution in [0.5, 0.6) is 0 Å². The zero-order chi connectivity index (χ0) is 4.28. The van der Waals surface area contributed by atoms with Gasteiger partial charge in [0, 0.05) is 6.92 Å². The Labute approximate surface area is 38.1 Å². The van der Waals surface area contributed by atoms with Crippen LogP contribution in [0.15, 0.2) is 0 Å². The van der Waals surface area contributed by atoms with E-state index in [2.05, 4.69) is 4.74 Å². The smallest absolute Gasteiger partial charge is 0.302 e. The fraction of sp³-hybridized carbons (Fsp3) is 0.750. The number of hydrogen-bond donors (Lipinski definition) is 0. The topological polar surface area (TPSA) is 26.3 Å². The highest BCUT2D eigenvalue weighted by Crippen LogP contribution is 1.60. The van der Waals surface area contributed by atoms with Crippen molar-refractivity contribution in [1.29, 1.82) is 0 Å². The number of ether oxygens (including phenoxy) is 1. The predicted molar refractivity (Wildman–Crippen MR) is 24.4 cm³/mol. The van der Waals surface area contributed by atoms with Crippen molar-refractivity contribution in [2.75, 3.05) is 7.11 Å². The average Bonchev–Trinajstić information content (AvgIpc) is 1.38. The molecule has 0 unspecified atom stereocenters. The Morgan fingerprint density at radius 1 is 1.67 bits per heavy atom. The number of methoxy groups -OCH3 is 1. The minimum absolute atomic E-state index is 0. The van der Waals surface area contributed by atoms with E-state index in [0.29, 0.717) is 0 Å². The van der Waals surface area contributed by atoms with Gasteiger partial charge < -0.3 is 4.74 Å². The largest absolute Gasteiger partial charge is 0.469 e. The highest BCUT2D eigenvalue weighted by molar-refractivity contribution is 5.65. The lowest BCUT2D eigenvalue weighted by molar-refractivity contribution is -0.137. The molecule has 0 saturated carbocycles. The Balaban J connectivity index is 0. The first-order chi connectivity index (χ1) is 2.27. The maximum Gasteiger partial charge on any atom is 0.302 e. The van der Waals surface area contributed by atoms with Crippen LogP contribution in [0.2, 0.25) is 0 Å². The molecular formula is C4H10O2. The number of hydrogen-bond acceptors (Lipinski definition) is 2. The number of esters is 1. The van der Waals surface area contributed by atoms with Gasteiger partial charge in [-0.15, -0.1) is 0 Å². The third-order valence-electron chi connectivity index (χ3n) is 0.287. The van der Waals surface area contributed by atoms with E-state index in [-0.39, 0.29) is 13.4 Å². The van der Waals surface area contributed by atoms with Gasteiger partial charge in [0.2, 0.25) is 0 Å². The zero-order valence-electron chi connectivity index (χ0n) is 3.32. The van der Waals surface area contributed by atoms with E-state index >= 15 is 0 Å². The van der Waals surface area contributed by atoms with Gasteiger partial charge in [-0.3, -0.25) is 4.79 Å².